The predicted octanol–water partition coefficient (Wildman–Crippen LogP) is 4.35. The number of benzene rings is 2. The Labute approximate surface area is 165 Å². The number of amides is 1. The Morgan fingerprint density at radius 2 is 1.97 bits per heavy atom. The highest BCUT2D eigenvalue weighted by atomic mass is 19.4. The van der Waals surface area contributed by atoms with Crippen LogP contribution >= 0.6 is 0 Å². The van der Waals surface area contributed by atoms with E-state index >= 15 is 0 Å². The highest BCUT2D eigenvalue weighted by Gasteiger charge is 2.30. The molecule has 0 spiro atoms. The van der Waals surface area contributed by atoms with Gasteiger partial charge in [-0.15, -0.1) is 0 Å². The molecular formula is C21H18F3N3O2. The van der Waals surface area contributed by atoms with Crippen LogP contribution in [0.1, 0.15) is 22.3 Å². The molecule has 29 heavy (non-hydrogen) atoms. The van der Waals surface area contributed by atoms with Crippen LogP contribution in [0, 0.1) is 0 Å². The zero-order valence-corrected chi connectivity index (χ0v) is 15.4. The van der Waals surface area contributed by atoms with Crippen molar-refractivity contribution >= 4 is 5.91 Å². The number of ether oxygens (including phenoxy) is 1. The van der Waals surface area contributed by atoms with Crippen LogP contribution in [-0.4, -0.2) is 27.5 Å². The summed E-state index contributed by atoms with van der Waals surface area (Å²) in [7, 11) is 0. The molecule has 5 nitrogen and oxygen atoms in total. The van der Waals surface area contributed by atoms with Gasteiger partial charge >= 0.3 is 6.18 Å². The predicted molar refractivity (Wildman–Crippen MR) is 99.4 cm³/mol. The first kappa shape index (κ1) is 19.0. The van der Waals surface area contributed by atoms with E-state index in [2.05, 4.69) is 10.2 Å². The Balaban J connectivity index is 1.47. The summed E-state index contributed by atoms with van der Waals surface area (Å²) in [6.07, 6.45) is -0.147. The maximum Gasteiger partial charge on any atom is 0.416 e. The van der Waals surface area contributed by atoms with Crippen LogP contribution in [0.5, 0.6) is 11.5 Å². The number of halogens is 3. The molecule has 0 fully saturated rings. The van der Waals surface area contributed by atoms with E-state index in [1.165, 1.54) is 12.1 Å². The smallest absolute Gasteiger partial charge is 0.416 e. The average Bonchev–Trinajstić information content (AvgIpc) is 3.20. The van der Waals surface area contributed by atoms with Crippen LogP contribution in [0.4, 0.5) is 13.2 Å². The highest BCUT2D eigenvalue weighted by Crippen LogP contribution is 2.34. The third kappa shape index (κ3) is 4.26. The molecule has 2 heterocycles. The van der Waals surface area contributed by atoms with Crippen LogP contribution in [0.3, 0.4) is 0 Å². The Kier molecular flexibility index (Phi) is 5.00. The van der Waals surface area contributed by atoms with E-state index < -0.39 is 11.7 Å². The zero-order valence-electron chi connectivity index (χ0n) is 15.4. The molecule has 0 aliphatic carbocycles. The van der Waals surface area contributed by atoms with E-state index in [0.29, 0.717) is 31.0 Å². The number of carbonyl (C=O) groups excluding carboxylic acids is 1. The Bertz CT molecular complexity index is 999. The molecule has 8 heteroatoms. The van der Waals surface area contributed by atoms with Crippen LogP contribution < -0.4 is 4.74 Å². The number of aromatic amines is 1. The normalized spacial score (nSPS) is 13.8. The number of nitrogens with one attached hydrogen (secondary N) is 1. The second-order valence-corrected chi connectivity index (χ2v) is 6.87. The molecule has 0 atom stereocenters. The maximum atomic E-state index is 12.7. The number of fused-ring (bicyclic) bond motifs is 1. The van der Waals surface area contributed by atoms with Crippen molar-refractivity contribution in [1.82, 2.24) is 15.1 Å². The monoisotopic (exact) mass is 401 g/mol. The van der Waals surface area contributed by atoms with Crippen LogP contribution in [0.2, 0.25) is 0 Å². The molecule has 3 aromatic rings. The number of carbonyl (C=O) groups is 1. The minimum absolute atomic E-state index is 0.0195. The average molecular weight is 401 g/mol. The largest absolute Gasteiger partial charge is 0.457 e. The van der Waals surface area contributed by atoms with Crippen molar-refractivity contribution in [2.75, 3.05) is 6.54 Å². The van der Waals surface area contributed by atoms with E-state index in [1.54, 1.807) is 23.4 Å². The Hall–Kier alpha value is -3.29. The van der Waals surface area contributed by atoms with Crippen molar-refractivity contribution in [2.45, 2.75) is 25.6 Å². The maximum absolute atomic E-state index is 12.7. The van der Waals surface area contributed by atoms with Crippen molar-refractivity contribution < 1.29 is 22.7 Å². The fourth-order valence-electron chi connectivity index (χ4n) is 3.38. The highest BCUT2D eigenvalue weighted by molar-refractivity contribution is 5.79. The molecule has 0 saturated carbocycles. The lowest BCUT2D eigenvalue weighted by Gasteiger charge is -2.30. The molecule has 150 valence electrons. The van der Waals surface area contributed by atoms with Crippen molar-refractivity contribution in [3.8, 4) is 11.5 Å². The van der Waals surface area contributed by atoms with Gasteiger partial charge in [-0.1, -0.05) is 12.1 Å². The summed E-state index contributed by atoms with van der Waals surface area (Å²) in [5.41, 5.74) is 2.06. The SMILES string of the molecule is O=C(Cc1cn[nH]c1)N1CCc2c(cccc2Oc2ccc(C(F)(F)F)cc2)C1. The zero-order chi connectivity index (χ0) is 20.4. The molecular weight excluding hydrogens is 383 g/mol. The lowest BCUT2D eigenvalue weighted by Crippen LogP contribution is -2.37. The van der Waals surface area contributed by atoms with E-state index in [1.807, 2.05) is 12.1 Å². The fourth-order valence-corrected chi connectivity index (χ4v) is 3.38. The number of H-pyrrole nitrogens is 1. The molecule has 1 amide bonds. The van der Waals surface area contributed by atoms with Crippen molar-refractivity contribution in [2.24, 2.45) is 0 Å². The standard InChI is InChI=1S/C21H18F3N3O2/c22-21(23,24)16-4-6-17(7-5-16)29-19-3-1-2-15-13-27(9-8-18(15)19)20(28)10-14-11-25-26-12-14/h1-7,11-12H,8-10,13H2,(H,25,26). The fraction of sp³-hybridized carbons (Fsp3) is 0.238. The van der Waals surface area contributed by atoms with Crippen molar-refractivity contribution in [3.63, 3.8) is 0 Å². The minimum Gasteiger partial charge on any atom is -0.457 e. The third-order valence-corrected chi connectivity index (χ3v) is 4.90. The van der Waals surface area contributed by atoms with E-state index in [4.69, 9.17) is 4.74 Å². The van der Waals surface area contributed by atoms with Crippen LogP contribution in [0.25, 0.3) is 0 Å². The summed E-state index contributed by atoms with van der Waals surface area (Å²) in [5.74, 6) is 0.958. The number of aromatic nitrogens is 2. The van der Waals surface area contributed by atoms with Gasteiger partial charge in [0.25, 0.3) is 0 Å². The number of hydrogen-bond acceptors (Lipinski definition) is 3. The first-order valence-corrected chi connectivity index (χ1v) is 9.11. The van der Waals surface area contributed by atoms with Gasteiger partial charge < -0.3 is 9.64 Å². The quantitative estimate of drug-likeness (QED) is 0.707. The summed E-state index contributed by atoms with van der Waals surface area (Å²) < 4.78 is 44.0. The third-order valence-electron chi connectivity index (χ3n) is 4.90. The molecule has 1 aliphatic rings. The first-order valence-electron chi connectivity index (χ1n) is 9.11. The molecule has 4 rings (SSSR count). The van der Waals surface area contributed by atoms with E-state index in [-0.39, 0.29) is 12.3 Å². The van der Waals surface area contributed by atoms with Crippen LogP contribution in [0.15, 0.2) is 54.9 Å². The molecule has 1 aromatic heterocycles. The summed E-state index contributed by atoms with van der Waals surface area (Å²) in [6.45, 7) is 1.02. The van der Waals surface area contributed by atoms with Gasteiger partial charge in [0.15, 0.2) is 0 Å². The van der Waals surface area contributed by atoms with Gasteiger partial charge in [0.2, 0.25) is 5.91 Å². The Morgan fingerprint density at radius 1 is 1.17 bits per heavy atom. The van der Waals surface area contributed by atoms with Gasteiger partial charge in [-0.3, -0.25) is 9.89 Å². The second-order valence-electron chi connectivity index (χ2n) is 6.87. The molecule has 0 bridgehead atoms. The van der Waals surface area contributed by atoms with Gasteiger partial charge in [0.05, 0.1) is 18.2 Å². The van der Waals surface area contributed by atoms with Crippen molar-refractivity contribution in [3.05, 3.63) is 77.1 Å². The summed E-state index contributed by atoms with van der Waals surface area (Å²) in [4.78, 5) is 14.3. The first-order chi connectivity index (χ1) is 13.9. The van der Waals surface area contributed by atoms with Crippen LogP contribution in [-0.2, 0) is 30.4 Å². The molecule has 0 radical (unpaired) electrons. The number of rotatable bonds is 4. The second kappa shape index (κ2) is 7.62. The molecule has 1 N–H and O–H groups in total. The molecule has 1 aliphatic heterocycles. The van der Waals surface area contributed by atoms with E-state index in [0.717, 1.165) is 28.8 Å². The summed E-state index contributed by atoms with van der Waals surface area (Å²) in [5, 5.41) is 6.55. The molecule has 0 saturated heterocycles. The van der Waals surface area contributed by atoms with Gasteiger partial charge in [0.1, 0.15) is 11.5 Å². The number of nitrogens with zero attached hydrogens (tertiary/aromatic N) is 2. The lowest BCUT2D eigenvalue weighted by molar-refractivity contribution is -0.137. The lowest BCUT2D eigenvalue weighted by atomic mass is 9.98. The molecule has 0 unspecified atom stereocenters. The van der Waals surface area contributed by atoms with Gasteiger partial charge in [-0.2, -0.15) is 18.3 Å². The summed E-state index contributed by atoms with van der Waals surface area (Å²) in [6, 6.07) is 10.2. The Morgan fingerprint density at radius 3 is 2.66 bits per heavy atom. The number of hydrogen-bond donors (Lipinski definition) is 1. The van der Waals surface area contributed by atoms with Gasteiger partial charge in [-0.05, 0) is 47.9 Å². The minimum atomic E-state index is -4.38. The van der Waals surface area contributed by atoms with Crippen molar-refractivity contribution in [1.29, 1.82) is 0 Å². The summed E-state index contributed by atoms with van der Waals surface area (Å²) >= 11 is 0. The van der Waals surface area contributed by atoms with E-state index in [9.17, 15) is 18.0 Å². The number of alkyl halides is 3. The molecule has 2 aromatic carbocycles. The topological polar surface area (TPSA) is 58.2 Å². The van der Waals surface area contributed by atoms with Gasteiger partial charge in [-0.25, -0.2) is 0 Å². The van der Waals surface area contributed by atoms with Gasteiger partial charge in [0, 0.05) is 24.8 Å².